The topological polar surface area (TPSA) is 41.6 Å². The summed E-state index contributed by atoms with van der Waals surface area (Å²) in [6.07, 6.45) is 7.03. The van der Waals surface area contributed by atoms with E-state index < -0.39 is 5.60 Å². The van der Waals surface area contributed by atoms with E-state index in [9.17, 15) is 4.79 Å². The minimum Gasteiger partial charge on any atom is -0.444 e. The maximum atomic E-state index is 11.7. The summed E-state index contributed by atoms with van der Waals surface area (Å²) in [4.78, 5) is 14.3. The molecule has 0 spiro atoms. The first kappa shape index (κ1) is 14.6. The number of nitrogens with one attached hydrogen (secondary N) is 1. The first-order chi connectivity index (χ1) is 8.94. The zero-order valence-electron chi connectivity index (χ0n) is 12.6. The Kier molecular flexibility index (Phi) is 4.71. The van der Waals surface area contributed by atoms with Crippen molar-refractivity contribution >= 4 is 6.09 Å². The average molecular weight is 268 g/mol. The zero-order valence-corrected chi connectivity index (χ0v) is 12.6. The molecule has 0 aromatic carbocycles. The van der Waals surface area contributed by atoms with Crippen LogP contribution in [-0.2, 0) is 4.74 Å². The molecule has 1 aliphatic heterocycles. The quantitative estimate of drug-likeness (QED) is 0.837. The van der Waals surface area contributed by atoms with Crippen LogP contribution in [0.15, 0.2) is 0 Å². The molecule has 1 aliphatic carbocycles. The largest absolute Gasteiger partial charge is 0.444 e. The predicted molar refractivity (Wildman–Crippen MR) is 76.2 cm³/mol. The number of likely N-dealkylation sites (tertiary alicyclic amines) is 1. The van der Waals surface area contributed by atoms with E-state index >= 15 is 0 Å². The van der Waals surface area contributed by atoms with E-state index in [0.717, 1.165) is 18.9 Å². The molecule has 19 heavy (non-hydrogen) atoms. The molecule has 4 heteroatoms. The van der Waals surface area contributed by atoms with Gasteiger partial charge in [0.2, 0.25) is 0 Å². The van der Waals surface area contributed by atoms with Gasteiger partial charge in [0.05, 0.1) is 0 Å². The number of amides is 1. The Morgan fingerprint density at radius 3 is 2.21 bits per heavy atom. The van der Waals surface area contributed by atoms with Gasteiger partial charge in [-0.15, -0.1) is 0 Å². The van der Waals surface area contributed by atoms with Crippen LogP contribution in [0.25, 0.3) is 0 Å². The van der Waals surface area contributed by atoms with E-state index in [4.69, 9.17) is 4.74 Å². The molecule has 2 fully saturated rings. The number of rotatable bonds is 2. The smallest absolute Gasteiger partial charge is 0.407 e. The van der Waals surface area contributed by atoms with Crippen molar-refractivity contribution in [3.05, 3.63) is 0 Å². The molecule has 0 aromatic heterocycles. The molecule has 4 nitrogen and oxygen atoms in total. The van der Waals surface area contributed by atoms with Gasteiger partial charge in [0, 0.05) is 12.1 Å². The second-order valence-electron chi connectivity index (χ2n) is 6.89. The second kappa shape index (κ2) is 6.12. The van der Waals surface area contributed by atoms with Crippen LogP contribution in [0.2, 0.25) is 0 Å². The maximum Gasteiger partial charge on any atom is 0.407 e. The standard InChI is InChI=1S/C15H28N2O2/c1-15(2,3)19-14(18)16-12-6-8-13(9-7-12)17-10-4-5-11-17/h12-13H,4-11H2,1-3H3,(H,16,18). The highest BCUT2D eigenvalue weighted by atomic mass is 16.6. The Hall–Kier alpha value is -0.770. The van der Waals surface area contributed by atoms with Gasteiger partial charge >= 0.3 is 6.09 Å². The first-order valence-electron chi connectivity index (χ1n) is 7.67. The van der Waals surface area contributed by atoms with Crippen molar-refractivity contribution in [3.8, 4) is 0 Å². The highest BCUT2D eigenvalue weighted by Gasteiger charge is 2.28. The Balaban J connectivity index is 1.69. The molecule has 2 aliphatic rings. The number of carbonyl (C=O) groups is 1. The van der Waals surface area contributed by atoms with Gasteiger partial charge in [-0.05, 0) is 72.4 Å². The molecule has 0 bridgehead atoms. The molecule has 1 amide bonds. The molecule has 0 radical (unpaired) electrons. The van der Waals surface area contributed by atoms with Crippen LogP contribution in [0.1, 0.15) is 59.3 Å². The fourth-order valence-corrected chi connectivity index (χ4v) is 3.17. The SMILES string of the molecule is CC(C)(C)OC(=O)NC1CCC(N2CCCC2)CC1. The Morgan fingerprint density at radius 1 is 1.11 bits per heavy atom. The van der Waals surface area contributed by atoms with Gasteiger partial charge in [-0.2, -0.15) is 0 Å². The van der Waals surface area contributed by atoms with Crippen LogP contribution in [0, 0.1) is 0 Å². The maximum absolute atomic E-state index is 11.7. The van der Waals surface area contributed by atoms with E-state index in [2.05, 4.69) is 10.2 Å². The van der Waals surface area contributed by atoms with Crippen LogP contribution in [0.3, 0.4) is 0 Å². The van der Waals surface area contributed by atoms with Crippen molar-refractivity contribution in [2.24, 2.45) is 0 Å². The monoisotopic (exact) mass is 268 g/mol. The van der Waals surface area contributed by atoms with Crippen molar-refractivity contribution in [2.75, 3.05) is 13.1 Å². The second-order valence-corrected chi connectivity index (χ2v) is 6.89. The van der Waals surface area contributed by atoms with Crippen LogP contribution in [0.5, 0.6) is 0 Å². The third-order valence-electron chi connectivity index (χ3n) is 4.07. The fraction of sp³-hybridized carbons (Fsp3) is 0.933. The van der Waals surface area contributed by atoms with E-state index in [-0.39, 0.29) is 6.09 Å². The van der Waals surface area contributed by atoms with Gasteiger partial charge in [0.15, 0.2) is 0 Å². The van der Waals surface area contributed by atoms with E-state index in [1.807, 2.05) is 20.8 Å². The van der Waals surface area contributed by atoms with Crippen molar-refractivity contribution in [3.63, 3.8) is 0 Å². The van der Waals surface area contributed by atoms with Gasteiger partial charge < -0.3 is 15.0 Å². The van der Waals surface area contributed by atoms with Gasteiger partial charge in [0.25, 0.3) is 0 Å². The average Bonchev–Trinajstić information content (AvgIpc) is 2.80. The summed E-state index contributed by atoms with van der Waals surface area (Å²) in [6, 6.07) is 1.05. The zero-order chi connectivity index (χ0) is 13.9. The number of hydrogen-bond acceptors (Lipinski definition) is 3. The molecular weight excluding hydrogens is 240 g/mol. The van der Waals surface area contributed by atoms with Crippen LogP contribution in [0.4, 0.5) is 4.79 Å². The van der Waals surface area contributed by atoms with E-state index in [1.165, 1.54) is 38.8 Å². The van der Waals surface area contributed by atoms with Crippen molar-refractivity contribution in [1.29, 1.82) is 0 Å². The highest BCUT2D eigenvalue weighted by Crippen LogP contribution is 2.26. The molecule has 1 heterocycles. The molecule has 1 saturated heterocycles. The summed E-state index contributed by atoms with van der Waals surface area (Å²) in [5, 5.41) is 3.01. The molecular formula is C15H28N2O2. The summed E-state index contributed by atoms with van der Waals surface area (Å²) >= 11 is 0. The molecule has 1 saturated carbocycles. The molecule has 2 rings (SSSR count). The molecule has 0 aromatic rings. The molecule has 1 N–H and O–H groups in total. The number of carbonyl (C=O) groups excluding carboxylic acids is 1. The Morgan fingerprint density at radius 2 is 1.68 bits per heavy atom. The Labute approximate surface area is 116 Å². The van der Waals surface area contributed by atoms with Gasteiger partial charge in [-0.1, -0.05) is 0 Å². The minimum absolute atomic E-state index is 0.267. The summed E-state index contributed by atoms with van der Waals surface area (Å²) in [5.41, 5.74) is -0.406. The lowest BCUT2D eigenvalue weighted by atomic mass is 9.90. The lowest BCUT2D eigenvalue weighted by molar-refractivity contribution is 0.0480. The molecule has 0 unspecified atom stereocenters. The van der Waals surface area contributed by atoms with Crippen molar-refractivity contribution in [2.45, 2.75) is 77.0 Å². The van der Waals surface area contributed by atoms with Gasteiger partial charge in [-0.25, -0.2) is 4.79 Å². The first-order valence-corrected chi connectivity index (χ1v) is 7.67. The highest BCUT2D eigenvalue weighted by molar-refractivity contribution is 5.68. The number of ether oxygens (including phenoxy) is 1. The van der Waals surface area contributed by atoms with Crippen LogP contribution in [-0.4, -0.2) is 41.8 Å². The van der Waals surface area contributed by atoms with Crippen molar-refractivity contribution in [1.82, 2.24) is 10.2 Å². The fourth-order valence-electron chi connectivity index (χ4n) is 3.17. The predicted octanol–water partition coefficient (Wildman–Crippen LogP) is 2.92. The lowest BCUT2D eigenvalue weighted by Crippen LogP contribution is -2.44. The van der Waals surface area contributed by atoms with Gasteiger partial charge in [-0.3, -0.25) is 0 Å². The van der Waals surface area contributed by atoms with Crippen molar-refractivity contribution < 1.29 is 9.53 Å². The third-order valence-corrected chi connectivity index (χ3v) is 4.07. The normalized spacial score (nSPS) is 29.2. The van der Waals surface area contributed by atoms with E-state index in [1.54, 1.807) is 0 Å². The number of nitrogens with zero attached hydrogens (tertiary/aromatic N) is 1. The third kappa shape index (κ3) is 4.68. The number of alkyl carbamates (subject to hydrolysis) is 1. The van der Waals surface area contributed by atoms with Crippen LogP contribution >= 0.6 is 0 Å². The molecule has 110 valence electrons. The summed E-state index contributed by atoms with van der Waals surface area (Å²) in [5.74, 6) is 0. The number of hydrogen-bond donors (Lipinski definition) is 1. The lowest BCUT2D eigenvalue weighted by Gasteiger charge is -2.35. The van der Waals surface area contributed by atoms with E-state index in [0.29, 0.717) is 6.04 Å². The summed E-state index contributed by atoms with van der Waals surface area (Å²) < 4.78 is 5.31. The van der Waals surface area contributed by atoms with Gasteiger partial charge in [0.1, 0.15) is 5.60 Å². The van der Waals surface area contributed by atoms with Crippen LogP contribution < -0.4 is 5.32 Å². The summed E-state index contributed by atoms with van der Waals surface area (Å²) in [7, 11) is 0. The Bertz CT molecular complexity index is 298. The molecule has 0 atom stereocenters. The minimum atomic E-state index is -0.406. The summed E-state index contributed by atoms with van der Waals surface area (Å²) in [6.45, 7) is 8.24.